The molecule has 0 aromatic heterocycles. The summed E-state index contributed by atoms with van der Waals surface area (Å²) in [7, 11) is 0. The molecule has 0 N–H and O–H groups in total. The normalized spacial score (nSPS) is 31.5. The number of hydrogen-bond acceptors (Lipinski definition) is 6. The van der Waals surface area contributed by atoms with Crippen LogP contribution >= 0.6 is 0 Å². The molecule has 4 aliphatic rings. The average Bonchev–Trinajstić information content (AvgIpc) is 3.20. The Balaban J connectivity index is 1.52. The van der Waals surface area contributed by atoms with Gasteiger partial charge in [-0.05, 0) is 42.2 Å². The van der Waals surface area contributed by atoms with Gasteiger partial charge in [-0.25, -0.2) is 4.90 Å². The van der Waals surface area contributed by atoms with Crippen molar-refractivity contribution in [1.82, 2.24) is 0 Å². The lowest BCUT2D eigenvalue weighted by Gasteiger charge is -2.21. The zero-order valence-corrected chi connectivity index (χ0v) is 14.5. The number of imide groups is 1. The van der Waals surface area contributed by atoms with Crippen molar-refractivity contribution in [2.24, 2.45) is 29.1 Å². The number of rotatable bonds is 3. The Bertz CT molecular complexity index is 929. The number of benzene rings is 1. The second kappa shape index (κ2) is 5.03. The van der Waals surface area contributed by atoms with E-state index in [0.29, 0.717) is 0 Å². The van der Waals surface area contributed by atoms with E-state index in [9.17, 15) is 24.5 Å². The van der Waals surface area contributed by atoms with Crippen LogP contribution in [0, 0.1) is 39.2 Å². The van der Waals surface area contributed by atoms with Gasteiger partial charge in [0, 0.05) is 13.0 Å². The summed E-state index contributed by atoms with van der Waals surface area (Å²) in [5.74, 6) is -2.05. The fraction of sp³-hybridized carbons (Fsp3) is 0.421. The van der Waals surface area contributed by atoms with Gasteiger partial charge >= 0.3 is 11.7 Å². The number of fused-ring (bicyclic) bond motifs is 3. The molecule has 8 nitrogen and oxygen atoms in total. The molecule has 1 heterocycles. The van der Waals surface area contributed by atoms with Gasteiger partial charge < -0.3 is 4.74 Å². The van der Waals surface area contributed by atoms with E-state index in [1.807, 2.05) is 0 Å². The number of esters is 1. The molecule has 27 heavy (non-hydrogen) atoms. The minimum absolute atomic E-state index is 0.0873. The number of nitro benzene ring substituents is 1. The van der Waals surface area contributed by atoms with Crippen LogP contribution in [0.1, 0.15) is 19.8 Å². The van der Waals surface area contributed by atoms with E-state index in [-0.39, 0.29) is 52.3 Å². The van der Waals surface area contributed by atoms with Crippen LogP contribution in [0.5, 0.6) is 5.75 Å². The Morgan fingerprint density at radius 1 is 1.19 bits per heavy atom. The third kappa shape index (κ3) is 1.95. The number of hydrogen-bond donors (Lipinski definition) is 0. The van der Waals surface area contributed by atoms with Crippen molar-refractivity contribution < 1.29 is 24.0 Å². The van der Waals surface area contributed by atoms with Gasteiger partial charge in [0.2, 0.25) is 17.6 Å². The summed E-state index contributed by atoms with van der Waals surface area (Å²) in [5.41, 5.74) is -0.218. The third-order valence-corrected chi connectivity index (χ3v) is 6.50. The minimum atomic E-state index is -0.696. The molecule has 0 unspecified atom stereocenters. The van der Waals surface area contributed by atoms with Gasteiger partial charge in [0.05, 0.1) is 22.4 Å². The van der Waals surface area contributed by atoms with E-state index in [1.165, 1.54) is 12.1 Å². The molecule has 4 atom stereocenters. The number of nitrogens with zero attached hydrogens (tertiary/aromatic N) is 2. The third-order valence-electron chi connectivity index (χ3n) is 6.50. The van der Waals surface area contributed by atoms with Crippen molar-refractivity contribution in [1.29, 1.82) is 0 Å². The highest BCUT2D eigenvalue weighted by Crippen LogP contribution is 2.73. The van der Waals surface area contributed by atoms with Crippen LogP contribution in [0.25, 0.3) is 0 Å². The van der Waals surface area contributed by atoms with E-state index in [1.54, 1.807) is 0 Å². The first kappa shape index (κ1) is 16.2. The fourth-order valence-electron chi connectivity index (χ4n) is 5.36. The molecule has 8 heteroatoms. The SMILES string of the molecule is CC(=O)Oc1ccc(N2C(=O)[C@H]3[C@H](C2=O)[C@H]2C=C[C@H]3C23CC3)cc1[N+](=O)[O-]. The lowest BCUT2D eigenvalue weighted by atomic mass is 9.85. The molecule has 2 saturated carbocycles. The number of amides is 2. The number of ether oxygens (including phenoxy) is 1. The largest absolute Gasteiger partial charge is 0.419 e. The van der Waals surface area contributed by atoms with Gasteiger partial charge in [-0.3, -0.25) is 24.5 Å². The summed E-state index contributed by atoms with van der Waals surface area (Å²) in [4.78, 5) is 49.0. The molecule has 138 valence electrons. The molecule has 2 bridgehead atoms. The Morgan fingerprint density at radius 2 is 1.78 bits per heavy atom. The topological polar surface area (TPSA) is 107 Å². The number of anilines is 1. The van der Waals surface area contributed by atoms with Crippen molar-refractivity contribution in [2.45, 2.75) is 19.8 Å². The summed E-state index contributed by atoms with van der Waals surface area (Å²) in [6.07, 6.45) is 6.23. The highest BCUT2D eigenvalue weighted by Gasteiger charge is 2.73. The Morgan fingerprint density at radius 3 is 2.26 bits per heavy atom. The Labute approximate surface area is 153 Å². The predicted molar refractivity (Wildman–Crippen MR) is 91.7 cm³/mol. The van der Waals surface area contributed by atoms with Gasteiger partial charge in [0.25, 0.3) is 0 Å². The molecule has 0 radical (unpaired) electrons. The molecule has 3 aliphatic carbocycles. The molecule has 3 fully saturated rings. The van der Waals surface area contributed by atoms with Crippen LogP contribution in [0.3, 0.4) is 0 Å². The monoisotopic (exact) mass is 368 g/mol. The van der Waals surface area contributed by atoms with Crippen molar-refractivity contribution in [2.75, 3.05) is 4.90 Å². The molecule has 1 spiro atoms. The summed E-state index contributed by atoms with van der Waals surface area (Å²) in [6.45, 7) is 1.14. The zero-order valence-electron chi connectivity index (χ0n) is 14.5. The van der Waals surface area contributed by atoms with Crippen LogP contribution in [0.4, 0.5) is 11.4 Å². The second-order valence-electron chi connectivity index (χ2n) is 7.74. The number of carbonyl (C=O) groups is 3. The smallest absolute Gasteiger partial charge is 0.313 e. The van der Waals surface area contributed by atoms with Gasteiger partial charge in [-0.1, -0.05) is 12.2 Å². The van der Waals surface area contributed by atoms with Crippen molar-refractivity contribution in [3.8, 4) is 5.75 Å². The maximum Gasteiger partial charge on any atom is 0.313 e. The standard InChI is InChI=1S/C19H16N2O6/c1-9(22)27-14-5-2-10(8-13(14)21(25)26)20-17(23)15-11-3-4-12(16(15)18(20)24)19(11)6-7-19/h2-5,8,11-12,15-16H,6-7H2,1H3/t11-,12-,15-,16-/m1/s1. The van der Waals surface area contributed by atoms with Crippen molar-refractivity contribution in [3.63, 3.8) is 0 Å². The maximum atomic E-state index is 13.1. The quantitative estimate of drug-likeness (QED) is 0.202. The minimum Gasteiger partial charge on any atom is -0.419 e. The van der Waals surface area contributed by atoms with Gasteiger partial charge in [-0.2, -0.15) is 0 Å². The second-order valence-corrected chi connectivity index (χ2v) is 7.74. The number of nitro groups is 1. The first-order valence-corrected chi connectivity index (χ1v) is 8.88. The highest BCUT2D eigenvalue weighted by molar-refractivity contribution is 6.23. The molecule has 1 aromatic rings. The Hall–Kier alpha value is -3.03. The molecule has 5 rings (SSSR count). The van der Waals surface area contributed by atoms with E-state index < -0.39 is 16.6 Å². The van der Waals surface area contributed by atoms with Gasteiger partial charge in [-0.15, -0.1) is 0 Å². The van der Waals surface area contributed by atoms with E-state index in [2.05, 4.69) is 12.2 Å². The summed E-state index contributed by atoms with van der Waals surface area (Å²) in [5, 5.41) is 11.4. The fourth-order valence-corrected chi connectivity index (χ4v) is 5.36. The van der Waals surface area contributed by atoms with Crippen LogP contribution in [0.15, 0.2) is 30.4 Å². The average molecular weight is 368 g/mol. The number of carbonyl (C=O) groups excluding carboxylic acids is 3. The zero-order chi connectivity index (χ0) is 19.1. The highest BCUT2D eigenvalue weighted by atomic mass is 16.6. The molecule has 1 aromatic carbocycles. The molecule has 2 amide bonds. The molecular weight excluding hydrogens is 352 g/mol. The van der Waals surface area contributed by atoms with Crippen LogP contribution < -0.4 is 9.64 Å². The molecule has 1 saturated heterocycles. The van der Waals surface area contributed by atoms with Crippen molar-refractivity contribution >= 4 is 29.2 Å². The Kier molecular flexibility index (Phi) is 3.01. The lowest BCUT2D eigenvalue weighted by Crippen LogP contribution is -2.34. The van der Waals surface area contributed by atoms with Crippen LogP contribution in [0.2, 0.25) is 0 Å². The van der Waals surface area contributed by atoms with E-state index in [4.69, 9.17) is 4.74 Å². The molecule has 1 aliphatic heterocycles. The summed E-state index contributed by atoms with van der Waals surface area (Å²) < 4.78 is 4.85. The van der Waals surface area contributed by atoms with E-state index >= 15 is 0 Å². The van der Waals surface area contributed by atoms with Gasteiger partial charge in [0.1, 0.15) is 0 Å². The maximum absolute atomic E-state index is 13.1. The molecular formula is C19H16N2O6. The first-order valence-electron chi connectivity index (χ1n) is 8.88. The van der Waals surface area contributed by atoms with Crippen LogP contribution in [-0.4, -0.2) is 22.7 Å². The lowest BCUT2D eigenvalue weighted by molar-refractivity contribution is -0.385. The van der Waals surface area contributed by atoms with E-state index in [0.717, 1.165) is 30.7 Å². The predicted octanol–water partition coefficient (Wildman–Crippen LogP) is 2.22. The van der Waals surface area contributed by atoms with Gasteiger partial charge in [0.15, 0.2) is 0 Å². The summed E-state index contributed by atoms with van der Waals surface area (Å²) >= 11 is 0. The van der Waals surface area contributed by atoms with Crippen LogP contribution in [-0.2, 0) is 14.4 Å². The summed E-state index contributed by atoms with van der Waals surface area (Å²) in [6, 6.07) is 3.78. The van der Waals surface area contributed by atoms with Crippen molar-refractivity contribution in [3.05, 3.63) is 40.5 Å². The first-order chi connectivity index (χ1) is 12.8. The number of allylic oxidation sites excluding steroid dienone is 2.